The number of nitrogens with zero attached hydrogens (tertiary/aromatic N) is 2. The van der Waals surface area contributed by atoms with Crippen molar-refractivity contribution in [2.24, 2.45) is 17.6 Å². The Hall–Kier alpha value is -1.36. The molecule has 116 valence electrons. The molecule has 1 amide bonds. The van der Waals surface area contributed by atoms with Gasteiger partial charge in [-0.3, -0.25) is 4.79 Å². The minimum Gasteiger partial charge on any atom is -0.359 e. The van der Waals surface area contributed by atoms with Gasteiger partial charge in [-0.15, -0.1) is 0 Å². The summed E-state index contributed by atoms with van der Waals surface area (Å²) in [4.78, 5) is 14.8. The summed E-state index contributed by atoms with van der Waals surface area (Å²) >= 11 is 0. The van der Waals surface area contributed by atoms with E-state index in [1.54, 1.807) is 0 Å². The molecule has 3 rings (SSSR count). The fourth-order valence-electron chi connectivity index (χ4n) is 3.75. The standard InChI is InChI=1S/C16H25N3O2/c1-11-9-15(21-18-11)14-3-2-8-19(14)16(20)13-6-4-12(10-17)5-7-13/h9,12-14H,2-8,10,17H2,1H3. The molecule has 0 bridgehead atoms. The minimum absolute atomic E-state index is 0.0888. The molecule has 1 aliphatic heterocycles. The van der Waals surface area contributed by atoms with E-state index in [4.69, 9.17) is 10.3 Å². The molecule has 1 saturated heterocycles. The van der Waals surface area contributed by atoms with Gasteiger partial charge in [0.05, 0.1) is 11.7 Å². The third kappa shape index (κ3) is 2.98. The highest BCUT2D eigenvalue weighted by Crippen LogP contribution is 2.36. The first kappa shape index (κ1) is 14.6. The van der Waals surface area contributed by atoms with Crippen LogP contribution in [0.1, 0.15) is 56.0 Å². The molecule has 2 aliphatic rings. The van der Waals surface area contributed by atoms with Gasteiger partial charge in [-0.25, -0.2) is 0 Å². The molecule has 5 nitrogen and oxygen atoms in total. The monoisotopic (exact) mass is 291 g/mol. The Morgan fingerprint density at radius 1 is 1.38 bits per heavy atom. The average molecular weight is 291 g/mol. The summed E-state index contributed by atoms with van der Waals surface area (Å²) in [5.74, 6) is 1.94. The number of aryl methyl sites for hydroxylation is 1. The Morgan fingerprint density at radius 3 is 2.76 bits per heavy atom. The van der Waals surface area contributed by atoms with Crippen molar-refractivity contribution in [2.75, 3.05) is 13.1 Å². The molecule has 2 N–H and O–H groups in total. The summed E-state index contributed by atoms with van der Waals surface area (Å²) in [6.07, 6.45) is 6.19. The van der Waals surface area contributed by atoms with E-state index in [1.165, 1.54) is 0 Å². The predicted molar refractivity (Wildman–Crippen MR) is 79.4 cm³/mol. The second-order valence-corrected chi connectivity index (χ2v) is 6.51. The fraction of sp³-hybridized carbons (Fsp3) is 0.750. The molecule has 1 unspecified atom stereocenters. The van der Waals surface area contributed by atoms with Crippen molar-refractivity contribution >= 4 is 5.91 Å². The lowest BCUT2D eigenvalue weighted by molar-refractivity contribution is -0.138. The zero-order valence-electron chi connectivity index (χ0n) is 12.8. The van der Waals surface area contributed by atoms with Gasteiger partial charge in [0, 0.05) is 18.5 Å². The number of hydrogen-bond donors (Lipinski definition) is 1. The largest absolute Gasteiger partial charge is 0.359 e. The van der Waals surface area contributed by atoms with Crippen LogP contribution in [0.25, 0.3) is 0 Å². The summed E-state index contributed by atoms with van der Waals surface area (Å²) in [5.41, 5.74) is 6.61. The van der Waals surface area contributed by atoms with Gasteiger partial charge in [0.25, 0.3) is 0 Å². The number of carbonyl (C=O) groups excluding carboxylic acids is 1. The van der Waals surface area contributed by atoms with Gasteiger partial charge in [-0.05, 0) is 57.9 Å². The number of amides is 1. The van der Waals surface area contributed by atoms with Crippen LogP contribution in [0.2, 0.25) is 0 Å². The lowest BCUT2D eigenvalue weighted by atomic mass is 9.81. The average Bonchev–Trinajstić information content (AvgIpc) is 3.15. The SMILES string of the molecule is Cc1cc(C2CCCN2C(=O)C2CCC(CN)CC2)on1. The van der Waals surface area contributed by atoms with E-state index >= 15 is 0 Å². The topological polar surface area (TPSA) is 72.4 Å². The highest BCUT2D eigenvalue weighted by molar-refractivity contribution is 5.79. The molecule has 1 aromatic heterocycles. The van der Waals surface area contributed by atoms with Gasteiger partial charge >= 0.3 is 0 Å². The quantitative estimate of drug-likeness (QED) is 0.928. The van der Waals surface area contributed by atoms with Crippen LogP contribution < -0.4 is 5.73 Å². The Bertz CT molecular complexity index is 491. The molecule has 5 heteroatoms. The first-order valence-electron chi connectivity index (χ1n) is 8.12. The van der Waals surface area contributed by atoms with E-state index in [-0.39, 0.29) is 12.0 Å². The van der Waals surface area contributed by atoms with Gasteiger partial charge in [-0.1, -0.05) is 5.16 Å². The molecule has 0 spiro atoms. The van der Waals surface area contributed by atoms with Crippen LogP contribution >= 0.6 is 0 Å². The van der Waals surface area contributed by atoms with Crippen LogP contribution in [0, 0.1) is 18.8 Å². The van der Waals surface area contributed by atoms with Crippen molar-refractivity contribution in [3.05, 3.63) is 17.5 Å². The fourth-order valence-corrected chi connectivity index (χ4v) is 3.75. The van der Waals surface area contributed by atoms with Gasteiger partial charge in [0.15, 0.2) is 5.76 Å². The first-order valence-corrected chi connectivity index (χ1v) is 8.12. The molecule has 1 saturated carbocycles. The van der Waals surface area contributed by atoms with E-state index in [9.17, 15) is 4.79 Å². The Morgan fingerprint density at radius 2 is 2.14 bits per heavy atom. The predicted octanol–water partition coefficient (Wildman–Crippen LogP) is 2.41. The van der Waals surface area contributed by atoms with Gasteiger partial charge < -0.3 is 15.2 Å². The Labute approximate surface area is 125 Å². The van der Waals surface area contributed by atoms with Crippen LogP contribution in [-0.2, 0) is 4.79 Å². The van der Waals surface area contributed by atoms with E-state index in [0.29, 0.717) is 11.8 Å². The van der Waals surface area contributed by atoms with E-state index < -0.39 is 0 Å². The van der Waals surface area contributed by atoms with Crippen LogP contribution in [0.15, 0.2) is 10.6 Å². The van der Waals surface area contributed by atoms with E-state index in [0.717, 1.165) is 63.1 Å². The molecule has 1 aromatic rings. The van der Waals surface area contributed by atoms with E-state index in [2.05, 4.69) is 5.16 Å². The second-order valence-electron chi connectivity index (χ2n) is 6.51. The third-order valence-electron chi connectivity index (χ3n) is 5.04. The zero-order valence-corrected chi connectivity index (χ0v) is 12.8. The lowest BCUT2D eigenvalue weighted by Crippen LogP contribution is -2.37. The lowest BCUT2D eigenvalue weighted by Gasteiger charge is -2.32. The van der Waals surface area contributed by atoms with Crippen LogP contribution in [-0.4, -0.2) is 29.1 Å². The smallest absolute Gasteiger partial charge is 0.226 e. The number of carbonyl (C=O) groups is 1. The Kier molecular flexibility index (Phi) is 4.29. The molecule has 2 heterocycles. The van der Waals surface area contributed by atoms with Crippen molar-refractivity contribution in [2.45, 2.75) is 51.5 Å². The number of hydrogen-bond acceptors (Lipinski definition) is 4. The second kappa shape index (κ2) is 6.18. The first-order chi connectivity index (χ1) is 10.2. The molecular weight excluding hydrogens is 266 g/mol. The van der Waals surface area contributed by atoms with Crippen molar-refractivity contribution in [1.82, 2.24) is 10.1 Å². The summed E-state index contributed by atoms with van der Waals surface area (Å²) in [6, 6.07) is 2.05. The molecule has 1 atom stereocenters. The number of likely N-dealkylation sites (tertiary alicyclic amines) is 1. The van der Waals surface area contributed by atoms with Crippen LogP contribution in [0.5, 0.6) is 0 Å². The normalized spacial score (nSPS) is 29.8. The van der Waals surface area contributed by atoms with Crippen molar-refractivity contribution in [3.8, 4) is 0 Å². The molecule has 21 heavy (non-hydrogen) atoms. The molecule has 2 fully saturated rings. The Balaban J connectivity index is 1.66. The summed E-state index contributed by atoms with van der Waals surface area (Å²) < 4.78 is 5.39. The summed E-state index contributed by atoms with van der Waals surface area (Å²) in [7, 11) is 0. The number of aromatic nitrogens is 1. The van der Waals surface area contributed by atoms with Crippen LogP contribution in [0.3, 0.4) is 0 Å². The van der Waals surface area contributed by atoms with Crippen molar-refractivity contribution in [3.63, 3.8) is 0 Å². The highest BCUT2D eigenvalue weighted by atomic mass is 16.5. The van der Waals surface area contributed by atoms with Gasteiger partial charge in [0.1, 0.15) is 0 Å². The highest BCUT2D eigenvalue weighted by Gasteiger charge is 2.37. The number of rotatable bonds is 3. The van der Waals surface area contributed by atoms with Gasteiger partial charge in [-0.2, -0.15) is 0 Å². The third-order valence-corrected chi connectivity index (χ3v) is 5.04. The minimum atomic E-state index is 0.0888. The molecule has 1 aliphatic carbocycles. The molecular formula is C16H25N3O2. The zero-order chi connectivity index (χ0) is 14.8. The number of nitrogens with two attached hydrogens (primary N) is 1. The van der Waals surface area contributed by atoms with Crippen molar-refractivity contribution < 1.29 is 9.32 Å². The maximum absolute atomic E-state index is 12.8. The molecule has 0 radical (unpaired) electrons. The summed E-state index contributed by atoms with van der Waals surface area (Å²) in [5, 5.41) is 3.96. The molecule has 0 aromatic carbocycles. The van der Waals surface area contributed by atoms with Gasteiger partial charge in [0.2, 0.25) is 5.91 Å². The van der Waals surface area contributed by atoms with Crippen molar-refractivity contribution in [1.29, 1.82) is 0 Å². The van der Waals surface area contributed by atoms with E-state index in [1.807, 2.05) is 17.9 Å². The maximum Gasteiger partial charge on any atom is 0.226 e. The van der Waals surface area contributed by atoms with Crippen LogP contribution in [0.4, 0.5) is 0 Å². The summed E-state index contributed by atoms with van der Waals surface area (Å²) in [6.45, 7) is 3.52. The maximum atomic E-state index is 12.8.